The van der Waals surface area contributed by atoms with Gasteiger partial charge in [0.15, 0.2) is 10.9 Å². The number of aromatic nitrogens is 1. The van der Waals surface area contributed by atoms with E-state index in [1.165, 1.54) is 6.20 Å². The van der Waals surface area contributed by atoms with Crippen molar-refractivity contribution in [1.29, 1.82) is 0 Å². The summed E-state index contributed by atoms with van der Waals surface area (Å²) in [4.78, 5) is 3.41. The fraction of sp³-hybridized carbons (Fsp3) is 0. The van der Waals surface area contributed by atoms with Crippen LogP contribution in [0, 0.1) is 5.82 Å². The molecule has 0 amide bonds. The number of benzene rings is 1. The van der Waals surface area contributed by atoms with Crippen LogP contribution >= 0.6 is 50.5 Å². The lowest BCUT2D eigenvalue weighted by molar-refractivity contribution is 0.595. The summed E-state index contributed by atoms with van der Waals surface area (Å²) in [6, 6.07) is 2.24. The summed E-state index contributed by atoms with van der Waals surface area (Å²) < 4.78 is 40.4. The highest BCUT2D eigenvalue weighted by Crippen LogP contribution is 2.31. The van der Waals surface area contributed by atoms with E-state index in [1.807, 2.05) is 0 Å². The summed E-state index contributed by atoms with van der Waals surface area (Å²) in [5, 5.41) is -0.671. The first-order valence-electron chi connectivity index (χ1n) is 4.59. The lowest BCUT2D eigenvalue weighted by Gasteiger charge is -2.08. The average Bonchev–Trinajstić information content (AvgIpc) is 2.70. The van der Waals surface area contributed by atoms with Gasteiger partial charge in [0.25, 0.3) is 10.0 Å². The number of sulfonamides is 1. The van der Waals surface area contributed by atoms with Crippen molar-refractivity contribution in [2.75, 3.05) is 4.72 Å². The SMILES string of the molecule is O=S(=O)(Nc1ncc(Br)s1)c1ccc(Cl)c(F)c1Cl. The maximum atomic E-state index is 13.5. The molecule has 102 valence electrons. The van der Waals surface area contributed by atoms with Gasteiger partial charge in [-0.15, -0.1) is 0 Å². The first-order valence-corrected chi connectivity index (χ1v) is 8.44. The van der Waals surface area contributed by atoms with Gasteiger partial charge in [-0.05, 0) is 28.1 Å². The molecule has 2 aromatic rings. The zero-order valence-corrected chi connectivity index (χ0v) is 13.6. The number of anilines is 1. The quantitative estimate of drug-likeness (QED) is 0.780. The van der Waals surface area contributed by atoms with Crippen molar-refractivity contribution < 1.29 is 12.8 Å². The smallest absolute Gasteiger partial charge is 0.255 e. The molecular formula is C9H4BrCl2FN2O2S2. The fourth-order valence-corrected chi connectivity index (χ4v) is 4.28. The van der Waals surface area contributed by atoms with Gasteiger partial charge in [0.1, 0.15) is 4.90 Å². The fourth-order valence-electron chi connectivity index (χ4n) is 1.19. The maximum Gasteiger partial charge on any atom is 0.265 e. The topological polar surface area (TPSA) is 59.1 Å². The van der Waals surface area contributed by atoms with Crippen LogP contribution in [0.5, 0.6) is 0 Å². The molecule has 0 aliphatic heterocycles. The van der Waals surface area contributed by atoms with E-state index < -0.39 is 25.8 Å². The maximum absolute atomic E-state index is 13.5. The van der Waals surface area contributed by atoms with Gasteiger partial charge in [-0.3, -0.25) is 4.72 Å². The summed E-state index contributed by atoms with van der Waals surface area (Å²) in [5.74, 6) is -0.980. The standard InChI is InChI=1S/C9H4BrCl2FN2O2S2/c10-6-3-14-9(18-6)15-19(16,17)5-2-1-4(11)8(13)7(5)12/h1-3H,(H,14,15). The molecule has 0 saturated carbocycles. The molecule has 1 aromatic carbocycles. The van der Waals surface area contributed by atoms with Crippen LogP contribution in [0.3, 0.4) is 0 Å². The molecule has 0 saturated heterocycles. The van der Waals surface area contributed by atoms with Gasteiger partial charge < -0.3 is 0 Å². The van der Waals surface area contributed by atoms with Crippen LogP contribution in [0.25, 0.3) is 0 Å². The Balaban J connectivity index is 2.43. The van der Waals surface area contributed by atoms with Crippen molar-refractivity contribution in [1.82, 2.24) is 4.98 Å². The Hall–Kier alpha value is -0.410. The van der Waals surface area contributed by atoms with E-state index in [0.717, 1.165) is 23.5 Å². The number of thiazole rings is 1. The van der Waals surface area contributed by atoms with Gasteiger partial charge in [0.2, 0.25) is 0 Å². The Labute approximate surface area is 130 Å². The Morgan fingerprint density at radius 1 is 1.37 bits per heavy atom. The Morgan fingerprint density at radius 2 is 2.05 bits per heavy atom. The molecule has 0 radical (unpaired) electrons. The predicted molar refractivity (Wildman–Crippen MR) is 77.0 cm³/mol. The zero-order chi connectivity index (χ0) is 14.2. The minimum atomic E-state index is -4.02. The van der Waals surface area contributed by atoms with E-state index in [4.69, 9.17) is 23.2 Å². The molecule has 0 spiro atoms. The molecule has 0 aliphatic carbocycles. The second kappa shape index (κ2) is 5.53. The van der Waals surface area contributed by atoms with Gasteiger partial charge in [0.05, 0.1) is 20.0 Å². The van der Waals surface area contributed by atoms with Crippen LogP contribution in [0.15, 0.2) is 27.0 Å². The largest absolute Gasteiger partial charge is 0.265 e. The minimum absolute atomic E-state index is 0.137. The molecule has 1 aromatic heterocycles. The van der Waals surface area contributed by atoms with Crippen molar-refractivity contribution in [3.8, 4) is 0 Å². The molecular weight excluding hydrogens is 402 g/mol. The van der Waals surface area contributed by atoms with E-state index in [0.29, 0.717) is 3.79 Å². The van der Waals surface area contributed by atoms with Crippen LogP contribution in [0.2, 0.25) is 10.0 Å². The number of nitrogens with one attached hydrogen (secondary N) is 1. The molecule has 10 heteroatoms. The molecule has 0 bridgehead atoms. The number of nitrogens with zero attached hydrogens (tertiary/aromatic N) is 1. The van der Waals surface area contributed by atoms with Crippen molar-refractivity contribution in [3.05, 3.63) is 38.0 Å². The van der Waals surface area contributed by atoms with Crippen molar-refractivity contribution >= 4 is 65.6 Å². The van der Waals surface area contributed by atoms with Gasteiger partial charge in [-0.2, -0.15) is 0 Å². The summed E-state index contributed by atoms with van der Waals surface area (Å²) >= 11 is 15.4. The number of hydrogen-bond acceptors (Lipinski definition) is 4. The third-order valence-corrected chi connectivity index (χ3v) is 5.66. The lowest BCUT2D eigenvalue weighted by atomic mass is 10.3. The second-order valence-electron chi connectivity index (χ2n) is 3.25. The first kappa shape index (κ1) is 15.0. The summed E-state index contributed by atoms with van der Waals surface area (Å²) in [6.07, 6.45) is 1.44. The van der Waals surface area contributed by atoms with Gasteiger partial charge in [-0.25, -0.2) is 17.8 Å². The van der Waals surface area contributed by atoms with Crippen LogP contribution in [0.1, 0.15) is 0 Å². The van der Waals surface area contributed by atoms with Crippen molar-refractivity contribution in [2.45, 2.75) is 4.90 Å². The van der Waals surface area contributed by atoms with E-state index >= 15 is 0 Å². The molecule has 0 atom stereocenters. The zero-order valence-electron chi connectivity index (χ0n) is 8.82. The van der Waals surface area contributed by atoms with Gasteiger partial charge in [0, 0.05) is 0 Å². The third kappa shape index (κ3) is 3.19. The van der Waals surface area contributed by atoms with Crippen LogP contribution < -0.4 is 4.72 Å². The lowest BCUT2D eigenvalue weighted by Crippen LogP contribution is -2.13. The summed E-state index contributed by atoms with van der Waals surface area (Å²) in [7, 11) is -4.02. The van der Waals surface area contributed by atoms with E-state index in [-0.39, 0.29) is 10.2 Å². The Bertz CT molecular complexity index is 736. The van der Waals surface area contributed by atoms with E-state index in [2.05, 4.69) is 25.6 Å². The highest BCUT2D eigenvalue weighted by molar-refractivity contribution is 9.11. The molecule has 0 aliphatic rings. The number of halogens is 4. The number of rotatable bonds is 3. The summed E-state index contributed by atoms with van der Waals surface area (Å²) in [5.41, 5.74) is 0. The first-order chi connectivity index (χ1) is 8.81. The Morgan fingerprint density at radius 3 is 2.63 bits per heavy atom. The number of hydrogen-bond donors (Lipinski definition) is 1. The van der Waals surface area contributed by atoms with E-state index in [9.17, 15) is 12.8 Å². The van der Waals surface area contributed by atoms with Crippen LogP contribution in [-0.2, 0) is 10.0 Å². The van der Waals surface area contributed by atoms with Gasteiger partial charge >= 0.3 is 0 Å². The van der Waals surface area contributed by atoms with Crippen LogP contribution in [0.4, 0.5) is 9.52 Å². The van der Waals surface area contributed by atoms with Crippen molar-refractivity contribution in [2.24, 2.45) is 0 Å². The summed E-state index contributed by atoms with van der Waals surface area (Å²) in [6.45, 7) is 0. The Kier molecular flexibility index (Phi) is 4.36. The molecule has 1 N–H and O–H groups in total. The highest BCUT2D eigenvalue weighted by Gasteiger charge is 2.23. The molecule has 0 unspecified atom stereocenters. The molecule has 4 nitrogen and oxygen atoms in total. The van der Waals surface area contributed by atoms with Crippen LogP contribution in [-0.4, -0.2) is 13.4 Å². The monoisotopic (exact) mass is 404 g/mol. The van der Waals surface area contributed by atoms with E-state index in [1.54, 1.807) is 0 Å². The third-order valence-electron chi connectivity index (χ3n) is 1.99. The average molecular weight is 406 g/mol. The molecule has 2 rings (SSSR count). The molecule has 0 fully saturated rings. The van der Waals surface area contributed by atoms with Crippen molar-refractivity contribution in [3.63, 3.8) is 0 Å². The highest BCUT2D eigenvalue weighted by atomic mass is 79.9. The van der Waals surface area contributed by atoms with Gasteiger partial charge in [-0.1, -0.05) is 34.5 Å². The molecule has 1 heterocycles. The normalized spacial score (nSPS) is 11.6. The second-order valence-corrected chi connectivity index (χ2v) is 8.09. The molecule has 19 heavy (non-hydrogen) atoms. The minimum Gasteiger partial charge on any atom is -0.255 e. The predicted octanol–water partition coefficient (Wildman–Crippen LogP) is 4.15.